The Labute approximate surface area is 136 Å². The third kappa shape index (κ3) is 4.58. The minimum atomic E-state index is -0.343. The molecule has 0 spiro atoms. The summed E-state index contributed by atoms with van der Waals surface area (Å²) in [5.74, 6) is 1.42. The number of amides is 3. The van der Waals surface area contributed by atoms with E-state index in [4.69, 9.17) is 0 Å². The van der Waals surface area contributed by atoms with Gasteiger partial charge in [0.25, 0.3) is 0 Å². The van der Waals surface area contributed by atoms with Gasteiger partial charge in [0.2, 0.25) is 5.91 Å². The fourth-order valence-electron chi connectivity index (χ4n) is 1.64. The van der Waals surface area contributed by atoms with Crippen molar-refractivity contribution in [3.05, 3.63) is 0 Å². The Morgan fingerprint density at radius 1 is 1.38 bits per heavy atom. The summed E-state index contributed by atoms with van der Waals surface area (Å²) < 4.78 is 1.69. The van der Waals surface area contributed by atoms with Crippen LogP contribution < -0.4 is 5.32 Å². The second kappa shape index (κ2) is 7.46. The lowest BCUT2D eigenvalue weighted by atomic mass is 10.3. The lowest BCUT2D eigenvalue weighted by molar-refractivity contribution is -0.126. The number of imide groups is 1. The molecule has 1 atom stereocenters. The predicted molar refractivity (Wildman–Crippen MR) is 85.9 cm³/mol. The van der Waals surface area contributed by atoms with E-state index in [0.29, 0.717) is 19.0 Å². The third-order valence-electron chi connectivity index (χ3n) is 2.68. The smallest absolute Gasteiger partial charge is 0.324 e. The standard InChI is InChI=1S/C12H18N4O2S3/c1-7(2)6-19-11-14-15-12(21-11)20-8(3)9(17)16-5-4-13-10(16)18/h7-8H,4-6H2,1-3H3,(H,13,18)/t8-/m0/s1. The van der Waals surface area contributed by atoms with Gasteiger partial charge < -0.3 is 5.32 Å². The molecule has 2 rings (SSSR count). The number of hydrogen-bond donors (Lipinski definition) is 1. The zero-order valence-electron chi connectivity index (χ0n) is 12.2. The molecule has 1 saturated heterocycles. The maximum absolute atomic E-state index is 12.2. The van der Waals surface area contributed by atoms with Crippen molar-refractivity contribution in [1.29, 1.82) is 0 Å². The van der Waals surface area contributed by atoms with Gasteiger partial charge in [0, 0.05) is 18.8 Å². The lowest BCUT2D eigenvalue weighted by Crippen LogP contribution is -2.38. The minimum Gasteiger partial charge on any atom is -0.336 e. The van der Waals surface area contributed by atoms with Gasteiger partial charge in [-0.1, -0.05) is 48.7 Å². The molecule has 1 aliphatic heterocycles. The number of rotatable bonds is 6. The molecule has 0 saturated carbocycles. The summed E-state index contributed by atoms with van der Waals surface area (Å²) in [6, 6.07) is -0.308. The molecule has 9 heteroatoms. The average Bonchev–Trinajstić information content (AvgIpc) is 3.04. The first-order valence-corrected chi connectivity index (χ1v) is 9.37. The van der Waals surface area contributed by atoms with Gasteiger partial charge in [-0.25, -0.2) is 4.79 Å². The first-order valence-electron chi connectivity index (χ1n) is 6.69. The molecule has 3 amide bonds. The summed E-state index contributed by atoms with van der Waals surface area (Å²) in [5, 5.41) is 10.5. The number of nitrogens with zero attached hydrogens (tertiary/aromatic N) is 3. The van der Waals surface area contributed by atoms with Crippen molar-refractivity contribution in [1.82, 2.24) is 20.4 Å². The highest BCUT2D eigenvalue weighted by atomic mass is 32.2. The van der Waals surface area contributed by atoms with Crippen molar-refractivity contribution in [2.75, 3.05) is 18.8 Å². The summed E-state index contributed by atoms with van der Waals surface area (Å²) in [4.78, 5) is 24.9. The molecule has 0 unspecified atom stereocenters. The number of carbonyl (C=O) groups is 2. The number of carbonyl (C=O) groups excluding carboxylic acids is 2. The molecule has 2 heterocycles. The highest BCUT2D eigenvalue weighted by Crippen LogP contribution is 2.32. The van der Waals surface area contributed by atoms with Crippen LogP contribution in [0.5, 0.6) is 0 Å². The van der Waals surface area contributed by atoms with Crippen LogP contribution in [0.25, 0.3) is 0 Å². The fraction of sp³-hybridized carbons (Fsp3) is 0.667. The van der Waals surface area contributed by atoms with E-state index in [1.165, 1.54) is 28.0 Å². The van der Waals surface area contributed by atoms with Crippen LogP contribution in [-0.2, 0) is 4.79 Å². The molecule has 21 heavy (non-hydrogen) atoms. The summed E-state index contributed by atoms with van der Waals surface area (Å²) in [6.07, 6.45) is 0. The summed E-state index contributed by atoms with van der Waals surface area (Å²) >= 11 is 4.54. The molecule has 116 valence electrons. The third-order valence-corrected chi connectivity index (χ3v) is 6.33. The second-order valence-electron chi connectivity index (χ2n) is 5.02. The SMILES string of the molecule is CC(C)CSc1nnc(S[C@@H](C)C(=O)N2CCNC2=O)s1. The Hall–Kier alpha value is -0.800. The largest absolute Gasteiger partial charge is 0.336 e. The monoisotopic (exact) mass is 346 g/mol. The summed E-state index contributed by atoms with van der Waals surface area (Å²) in [7, 11) is 0. The first kappa shape index (κ1) is 16.6. The molecule has 0 radical (unpaired) electrons. The molecule has 1 aromatic heterocycles. The van der Waals surface area contributed by atoms with E-state index in [1.54, 1.807) is 18.7 Å². The Morgan fingerprint density at radius 3 is 2.71 bits per heavy atom. The molecule has 1 aliphatic rings. The molecular formula is C12H18N4O2S3. The van der Waals surface area contributed by atoms with E-state index < -0.39 is 0 Å². The Kier molecular flexibility index (Phi) is 5.88. The second-order valence-corrected chi connectivity index (χ2v) is 8.85. The van der Waals surface area contributed by atoms with Crippen LogP contribution in [0.3, 0.4) is 0 Å². The molecule has 1 fully saturated rings. The predicted octanol–water partition coefficient (Wildman–Crippen LogP) is 2.32. The molecule has 0 aromatic carbocycles. The normalized spacial score (nSPS) is 16.4. The van der Waals surface area contributed by atoms with Crippen LogP contribution in [0, 0.1) is 5.92 Å². The van der Waals surface area contributed by atoms with Gasteiger partial charge in [-0.05, 0) is 12.8 Å². The van der Waals surface area contributed by atoms with Crippen LogP contribution in [0.1, 0.15) is 20.8 Å². The van der Waals surface area contributed by atoms with E-state index in [1.807, 2.05) is 0 Å². The van der Waals surface area contributed by atoms with Gasteiger partial charge >= 0.3 is 6.03 Å². The van der Waals surface area contributed by atoms with Gasteiger partial charge in [-0.3, -0.25) is 9.69 Å². The maximum Gasteiger partial charge on any atom is 0.324 e. The molecule has 6 nitrogen and oxygen atoms in total. The van der Waals surface area contributed by atoms with Crippen molar-refractivity contribution >= 4 is 46.8 Å². The van der Waals surface area contributed by atoms with Crippen LogP contribution in [0.15, 0.2) is 8.68 Å². The van der Waals surface area contributed by atoms with E-state index in [0.717, 1.165) is 14.4 Å². The Balaban J connectivity index is 1.88. The van der Waals surface area contributed by atoms with Gasteiger partial charge in [0.05, 0.1) is 5.25 Å². The van der Waals surface area contributed by atoms with Gasteiger partial charge in [-0.2, -0.15) is 0 Å². The highest BCUT2D eigenvalue weighted by molar-refractivity contribution is 8.03. The van der Waals surface area contributed by atoms with Gasteiger partial charge in [-0.15, -0.1) is 10.2 Å². The molecular weight excluding hydrogens is 328 g/mol. The number of thioether (sulfide) groups is 2. The maximum atomic E-state index is 12.2. The quantitative estimate of drug-likeness (QED) is 0.797. The van der Waals surface area contributed by atoms with E-state index in [-0.39, 0.29) is 17.2 Å². The van der Waals surface area contributed by atoms with Crippen molar-refractivity contribution < 1.29 is 9.59 Å². The lowest BCUT2D eigenvalue weighted by Gasteiger charge is -2.16. The summed E-state index contributed by atoms with van der Waals surface area (Å²) in [5.41, 5.74) is 0. The van der Waals surface area contributed by atoms with Crippen LogP contribution in [0.2, 0.25) is 0 Å². The molecule has 1 aromatic rings. The fourth-order valence-corrected chi connectivity index (χ4v) is 4.85. The minimum absolute atomic E-state index is 0.179. The first-order chi connectivity index (χ1) is 9.97. The summed E-state index contributed by atoms with van der Waals surface area (Å²) in [6.45, 7) is 7.07. The number of aromatic nitrogens is 2. The Morgan fingerprint density at radius 2 is 2.10 bits per heavy atom. The number of hydrogen-bond acceptors (Lipinski definition) is 7. The van der Waals surface area contributed by atoms with E-state index in [2.05, 4.69) is 29.4 Å². The van der Waals surface area contributed by atoms with Crippen LogP contribution in [-0.4, -0.2) is 51.1 Å². The van der Waals surface area contributed by atoms with E-state index >= 15 is 0 Å². The van der Waals surface area contributed by atoms with Crippen LogP contribution >= 0.6 is 34.9 Å². The topological polar surface area (TPSA) is 75.2 Å². The van der Waals surface area contributed by atoms with Crippen molar-refractivity contribution in [3.8, 4) is 0 Å². The van der Waals surface area contributed by atoms with Gasteiger partial charge in [0.1, 0.15) is 0 Å². The zero-order chi connectivity index (χ0) is 15.4. The van der Waals surface area contributed by atoms with Crippen molar-refractivity contribution in [3.63, 3.8) is 0 Å². The molecule has 0 aliphatic carbocycles. The highest BCUT2D eigenvalue weighted by Gasteiger charge is 2.30. The number of nitrogens with one attached hydrogen (secondary N) is 1. The molecule has 0 bridgehead atoms. The molecule has 1 N–H and O–H groups in total. The zero-order valence-corrected chi connectivity index (χ0v) is 14.6. The van der Waals surface area contributed by atoms with E-state index in [9.17, 15) is 9.59 Å². The average molecular weight is 347 g/mol. The Bertz CT molecular complexity index is 520. The van der Waals surface area contributed by atoms with Crippen molar-refractivity contribution in [2.24, 2.45) is 5.92 Å². The van der Waals surface area contributed by atoms with Crippen molar-refractivity contribution in [2.45, 2.75) is 34.7 Å². The van der Waals surface area contributed by atoms with Gasteiger partial charge in [0.15, 0.2) is 8.68 Å². The van der Waals surface area contributed by atoms with Crippen LogP contribution in [0.4, 0.5) is 4.79 Å². The number of urea groups is 1.